The number of hydrogen-bond acceptors (Lipinski definition) is 7. The molecule has 2 aromatic carbocycles. The molecule has 46 heavy (non-hydrogen) atoms. The van der Waals surface area contributed by atoms with Gasteiger partial charge in [-0.3, -0.25) is 9.59 Å². The van der Waals surface area contributed by atoms with Crippen LogP contribution in [0.3, 0.4) is 0 Å². The lowest BCUT2D eigenvalue weighted by Gasteiger charge is -2.43. The second-order valence-corrected chi connectivity index (χ2v) is 14.1. The van der Waals surface area contributed by atoms with Crippen LogP contribution >= 0.6 is 0 Å². The summed E-state index contributed by atoms with van der Waals surface area (Å²) in [5.41, 5.74) is 3.66. The number of benzene rings is 2. The molecule has 0 fully saturated rings. The molecule has 8 nitrogen and oxygen atoms in total. The summed E-state index contributed by atoms with van der Waals surface area (Å²) in [5.74, 6) is -0.0433. The summed E-state index contributed by atoms with van der Waals surface area (Å²) >= 11 is 0. The van der Waals surface area contributed by atoms with Crippen LogP contribution in [0.15, 0.2) is 77.3 Å². The van der Waals surface area contributed by atoms with Gasteiger partial charge < -0.3 is 19.3 Å². The number of ketones is 2. The van der Waals surface area contributed by atoms with Crippen molar-refractivity contribution in [3.63, 3.8) is 0 Å². The van der Waals surface area contributed by atoms with Gasteiger partial charge in [0.15, 0.2) is 23.0 Å². The van der Waals surface area contributed by atoms with Crippen LogP contribution in [0.1, 0.15) is 86.5 Å². The molecule has 0 radical (unpaired) electrons. The summed E-state index contributed by atoms with van der Waals surface area (Å²) in [7, 11) is 1.57. The third-order valence-corrected chi connectivity index (χ3v) is 9.14. The van der Waals surface area contributed by atoms with Crippen LogP contribution in [0, 0.1) is 17.8 Å². The lowest BCUT2D eigenvalue weighted by Crippen LogP contribution is -2.38. The predicted octanol–water partition coefficient (Wildman–Crippen LogP) is 7.74. The van der Waals surface area contributed by atoms with E-state index >= 15 is 0 Å². The largest absolute Gasteiger partial charge is 0.496 e. The van der Waals surface area contributed by atoms with Gasteiger partial charge in [-0.15, -0.1) is 0 Å². The molecule has 238 valence electrons. The van der Waals surface area contributed by atoms with Crippen molar-refractivity contribution < 1.29 is 33.7 Å². The van der Waals surface area contributed by atoms with Crippen molar-refractivity contribution in [2.75, 3.05) is 7.11 Å². The number of methoxy groups -OCH3 is 1. The maximum atomic E-state index is 13.9. The van der Waals surface area contributed by atoms with Crippen LogP contribution in [0.25, 0.3) is 11.3 Å². The number of hydrogen-bond donors (Lipinski definition) is 1. The molecule has 2 aliphatic carbocycles. The van der Waals surface area contributed by atoms with Crippen molar-refractivity contribution in [2.45, 2.75) is 72.8 Å². The molecule has 8 heteroatoms. The van der Waals surface area contributed by atoms with Crippen molar-refractivity contribution in [1.82, 2.24) is 4.98 Å². The third-order valence-electron chi connectivity index (χ3n) is 9.14. The van der Waals surface area contributed by atoms with Gasteiger partial charge in [-0.2, -0.15) is 0 Å². The molecule has 0 bridgehead atoms. The van der Waals surface area contributed by atoms with Crippen LogP contribution in [0.5, 0.6) is 11.5 Å². The Kier molecular flexibility index (Phi) is 7.87. The number of carbonyl (C=O) groups excluding carboxylic acids is 2. The van der Waals surface area contributed by atoms with Gasteiger partial charge in [0, 0.05) is 48.0 Å². The smallest absolute Gasteiger partial charge is 0.358 e. The van der Waals surface area contributed by atoms with Gasteiger partial charge in [0.2, 0.25) is 0 Å². The summed E-state index contributed by atoms with van der Waals surface area (Å²) in [6.07, 6.45) is 1.82. The van der Waals surface area contributed by atoms with Crippen molar-refractivity contribution in [1.29, 1.82) is 0 Å². The van der Waals surface area contributed by atoms with Gasteiger partial charge >= 0.3 is 5.97 Å². The van der Waals surface area contributed by atoms with Gasteiger partial charge in [-0.05, 0) is 53.1 Å². The molecular formula is C38H39NO7. The number of carbonyl (C=O) groups is 3. The van der Waals surface area contributed by atoms with E-state index in [0.717, 1.165) is 11.1 Å². The molecule has 0 unspecified atom stereocenters. The highest BCUT2D eigenvalue weighted by Crippen LogP contribution is 2.55. The Morgan fingerprint density at radius 3 is 2.02 bits per heavy atom. The normalized spacial score (nSPS) is 18.9. The number of ether oxygens (including phenoxy) is 3. The standard InChI is InChI=1S/C38H39NO7/c1-21-23(24-13-15-28(35(39-24)36(42)43)45-20-22-10-8-7-9-11-22)12-14-27(44-6)31(21)34-32-25(40)16-37(2,3)18-29(32)46-30-19-38(4,5)17-26(41)33(30)34/h7-15,34H,16-20H2,1-6H3,(H,42,43). The first-order valence-corrected chi connectivity index (χ1v) is 15.6. The van der Waals surface area contributed by atoms with Crippen molar-refractivity contribution >= 4 is 17.5 Å². The summed E-state index contributed by atoms with van der Waals surface area (Å²) in [6.45, 7) is 10.3. The average molecular weight is 622 g/mol. The number of carboxylic acid groups (broad SMARTS) is 1. The van der Waals surface area contributed by atoms with Gasteiger partial charge in [0.25, 0.3) is 0 Å². The average Bonchev–Trinajstić information content (AvgIpc) is 2.98. The van der Waals surface area contributed by atoms with E-state index in [1.54, 1.807) is 25.3 Å². The maximum Gasteiger partial charge on any atom is 0.358 e. The minimum Gasteiger partial charge on any atom is -0.496 e. The van der Waals surface area contributed by atoms with Crippen molar-refractivity contribution in [2.24, 2.45) is 10.8 Å². The fourth-order valence-electron chi connectivity index (χ4n) is 7.08. The number of carboxylic acids is 1. The molecule has 0 spiro atoms. The molecule has 1 N–H and O–H groups in total. The zero-order chi connectivity index (χ0) is 33.0. The van der Waals surface area contributed by atoms with Gasteiger partial charge in [0.05, 0.1) is 18.7 Å². The number of Topliss-reactive ketones (excluding diaryl/α,β-unsaturated/α-hetero) is 2. The fourth-order valence-corrected chi connectivity index (χ4v) is 7.08. The summed E-state index contributed by atoms with van der Waals surface area (Å²) in [5, 5.41) is 10.1. The summed E-state index contributed by atoms with van der Waals surface area (Å²) in [4.78, 5) is 44.7. The number of pyridine rings is 1. The first-order valence-electron chi connectivity index (χ1n) is 15.6. The number of rotatable bonds is 7. The molecule has 6 rings (SSSR count). The minimum atomic E-state index is -1.21. The van der Waals surface area contributed by atoms with E-state index in [1.807, 2.05) is 43.3 Å². The highest BCUT2D eigenvalue weighted by Gasteiger charge is 2.49. The molecule has 3 aliphatic rings. The quantitative estimate of drug-likeness (QED) is 0.285. The molecule has 0 amide bonds. The lowest BCUT2D eigenvalue weighted by molar-refractivity contribution is -0.120. The van der Waals surface area contributed by atoms with Gasteiger partial charge in [0.1, 0.15) is 23.9 Å². The van der Waals surface area contributed by atoms with E-state index in [2.05, 4.69) is 32.7 Å². The monoisotopic (exact) mass is 621 g/mol. The van der Waals surface area contributed by atoms with E-state index < -0.39 is 11.9 Å². The second-order valence-electron chi connectivity index (χ2n) is 14.1. The number of allylic oxidation sites excluding steroid dienone is 4. The third kappa shape index (κ3) is 5.72. The molecule has 0 saturated heterocycles. The molecule has 3 aromatic rings. The number of nitrogens with zero attached hydrogens (tertiary/aromatic N) is 1. The highest BCUT2D eigenvalue weighted by atomic mass is 16.5. The van der Waals surface area contributed by atoms with Crippen LogP contribution < -0.4 is 9.47 Å². The van der Waals surface area contributed by atoms with Crippen LogP contribution in [0.2, 0.25) is 0 Å². The van der Waals surface area contributed by atoms with Crippen LogP contribution in [-0.2, 0) is 20.9 Å². The molecule has 1 aromatic heterocycles. The predicted molar refractivity (Wildman–Crippen MR) is 173 cm³/mol. The first-order chi connectivity index (χ1) is 21.8. The lowest BCUT2D eigenvalue weighted by atomic mass is 9.65. The summed E-state index contributed by atoms with van der Waals surface area (Å²) in [6, 6.07) is 16.5. The van der Waals surface area contributed by atoms with E-state index in [0.29, 0.717) is 70.9 Å². The fraction of sp³-hybridized carbons (Fsp3) is 0.368. The molecule has 0 atom stereocenters. The Bertz CT molecular complexity index is 1780. The Morgan fingerprint density at radius 1 is 0.870 bits per heavy atom. The van der Waals surface area contributed by atoms with Crippen LogP contribution in [0.4, 0.5) is 0 Å². The number of aromatic carboxylic acids is 1. The van der Waals surface area contributed by atoms with E-state index in [9.17, 15) is 19.5 Å². The van der Waals surface area contributed by atoms with Gasteiger partial charge in [-0.25, -0.2) is 9.78 Å². The van der Waals surface area contributed by atoms with E-state index in [1.165, 1.54) is 0 Å². The Hall–Kier alpha value is -4.72. The first kappa shape index (κ1) is 31.3. The van der Waals surface area contributed by atoms with Crippen molar-refractivity contribution in [3.8, 4) is 22.8 Å². The SMILES string of the molecule is COc1ccc(-c2ccc(OCc3ccccc3)c(C(=O)O)n2)c(C)c1C1C2=C(CC(C)(C)CC2=O)OC2=C1C(=O)CC(C)(C)C2. The Labute approximate surface area is 269 Å². The molecule has 2 heterocycles. The Morgan fingerprint density at radius 2 is 1.46 bits per heavy atom. The van der Waals surface area contributed by atoms with E-state index in [-0.39, 0.29) is 40.4 Å². The Balaban J connectivity index is 1.50. The van der Waals surface area contributed by atoms with Gasteiger partial charge in [-0.1, -0.05) is 58.0 Å². The topological polar surface area (TPSA) is 112 Å². The zero-order valence-corrected chi connectivity index (χ0v) is 27.2. The highest BCUT2D eigenvalue weighted by molar-refractivity contribution is 6.06. The number of aromatic nitrogens is 1. The van der Waals surface area contributed by atoms with Crippen LogP contribution in [-0.4, -0.2) is 34.7 Å². The molecule has 0 saturated carbocycles. The van der Waals surface area contributed by atoms with E-state index in [4.69, 9.17) is 14.2 Å². The molecular weight excluding hydrogens is 582 g/mol. The minimum absolute atomic E-state index is 0.0431. The second kappa shape index (κ2) is 11.6. The maximum absolute atomic E-state index is 13.9. The zero-order valence-electron chi connectivity index (χ0n) is 27.2. The molecule has 1 aliphatic heterocycles. The van der Waals surface area contributed by atoms with Crippen molar-refractivity contribution in [3.05, 3.63) is 99.6 Å². The summed E-state index contributed by atoms with van der Waals surface area (Å²) < 4.78 is 18.2.